The Morgan fingerprint density at radius 3 is 2.62 bits per heavy atom. The third-order valence-electron chi connectivity index (χ3n) is 5.19. The third-order valence-corrected chi connectivity index (χ3v) is 5.67. The van der Waals surface area contributed by atoms with Gasteiger partial charge in [-0.2, -0.15) is 5.10 Å². The number of aromatic nitrogens is 3. The number of likely N-dealkylation sites (tertiary alicyclic amines) is 1. The molecule has 0 aromatic carbocycles. The zero-order valence-corrected chi connectivity index (χ0v) is 15.1. The van der Waals surface area contributed by atoms with Gasteiger partial charge in [0.15, 0.2) is 5.82 Å². The van der Waals surface area contributed by atoms with Gasteiger partial charge in [0.2, 0.25) is 0 Å². The van der Waals surface area contributed by atoms with Crippen molar-refractivity contribution in [2.24, 2.45) is 11.8 Å². The monoisotopic (exact) mass is 391 g/mol. The minimum atomic E-state index is -0.131. The summed E-state index contributed by atoms with van der Waals surface area (Å²) in [6.45, 7) is 1.42. The molecule has 0 saturated carbocycles. The first-order valence-electron chi connectivity index (χ1n) is 8.34. The van der Waals surface area contributed by atoms with Gasteiger partial charge in [-0.15, -0.1) is 0 Å². The molecule has 4 atom stereocenters. The lowest BCUT2D eigenvalue weighted by atomic mass is 9.86. The molecule has 0 aliphatic carbocycles. The Morgan fingerprint density at radius 2 is 1.92 bits per heavy atom. The first-order valence-corrected chi connectivity index (χ1v) is 9.10. The van der Waals surface area contributed by atoms with Crippen LogP contribution >= 0.6 is 23.2 Å². The lowest BCUT2D eigenvalue weighted by Gasteiger charge is -2.18. The highest BCUT2D eigenvalue weighted by Crippen LogP contribution is 2.43. The van der Waals surface area contributed by atoms with E-state index in [-0.39, 0.29) is 18.2 Å². The Hall–Kier alpha value is -2.09. The summed E-state index contributed by atoms with van der Waals surface area (Å²) in [6.07, 6.45) is 9.27. The second-order valence-corrected chi connectivity index (χ2v) is 7.59. The Bertz CT molecular complexity index is 894. The van der Waals surface area contributed by atoms with Crippen LogP contribution < -0.4 is 5.32 Å². The highest BCUT2D eigenvalue weighted by molar-refractivity contribution is 6.35. The molecular weight excluding hydrogens is 377 g/mol. The van der Waals surface area contributed by atoms with Gasteiger partial charge < -0.3 is 15.0 Å². The number of urea groups is 1. The summed E-state index contributed by atoms with van der Waals surface area (Å²) >= 11 is 12.0. The SMILES string of the molecule is O=C(Nc1cnn(-c2ncc(Cl)cc2Cl)c1)N1CC2C3C=CC(O3)C2C1. The van der Waals surface area contributed by atoms with E-state index < -0.39 is 0 Å². The number of rotatable bonds is 2. The maximum Gasteiger partial charge on any atom is 0.321 e. The Kier molecular flexibility index (Phi) is 3.70. The van der Waals surface area contributed by atoms with Gasteiger partial charge in [0.25, 0.3) is 0 Å². The van der Waals surface area contributed by atoms with E-state index in [0.717, 1.165) is 0 Å². The van der Waals surface area contributed by atoms with Gasteiger partial charge in [-0.25, -0.2) is 14.5 Å². The van der Waals surface area contributed by atoms with Crippen LogP contribution in [0.25, 0.3) is 5.82 Å². The third kappa shape index (κ3) is 2.58. The average molecular weight is 392 g/mol. The van der Waals surface area contributed by atoms with Crippen LogP contribution in [0.5, 0.6) is 0 Å². The van der Waals surface area contributed by atoms with Crippen molar-refractivity contribution in [1.82, 2.24) is 19.7 Å². The number of hydrogen-bond donors (Lipinski definition) is 1. The van der Waals surface area contributed by atoms with E-state index in [1.165, 1.54) is 10.9 Å². The summed E-state index contributed by atoms with van der Waals surface area (Å²) < 4.78 is 7.35. The van der Waals surface area contributed by atoms with Gasteiger partial charge in [0.1, 0.15) is 0 Å². The number of nitrogens with zero attached hydrogens (tertiary/aromatic N) is 4. The molecule has 0 radical (unpaired) electrons. The highest BCUT2D eigenvalue weighted by Gasteiger charge is 2.51. The molecule has 2 saturated heterocycles. The summed E-state index contributed by atoms with van der Waals surface area (Å²) in [6, 6.07) is 1.46. The molecule has 3 aliphatic rings. The number of nitrogens with one attached hydrogen (secondary N) is 1. The number of ether oxygens (including phenoxy) is 1. The molecule has 5 rings (SSSR count). The molecule has 1 N–H and O–H groups in total. The summed E-state index contributed by atoms with van der Waals surface area (Å²) in [4.78, 5) is 18.6. The lowest BCUT2D eigenvalue weighted by Crippen LogP contribution is -2.35. The predicted molar refractivity (Wildman–Crippen MR) is 96.8 cm³/mol. The second-order valence-electron chi connectivity index (χ2n) is 6.75. The van der Waals surface area contributed by atoms with Crippen LogP contribution in [-0.2, 0) is 4.74 Å². The normalized spacial score (nSPS) is 28.6. The quantitative estimate of drug-likeness (QED) is 0.798. The van der Waals surface area contributed by atoms with Crippen molar-refractivity contribution in [2.45, 2.75) is 12.2 Å². The van der Waals surface area contributed by atoms with Crippen LogP contribution in [0.2, 0.25) is 10.0 Å². The largest absolute Gasteiger partial charge is 0.366 e. The average Bonchev–Trinajstić information content (AvgIpc) is 3.36. The van der Waals surface area contributed by atoms with Crippen LogP contribution in [0, 0.1) is 11.8 Å². The van der Waals surface area contributed by atoms with Crippen LogP contribution in [0.15, 0.2) is 36.8 Å². The summed E-state index contributed by atoms with van der Waals surface area (Å²) in [5, 5.41) is 7.93. The van der Waals surface area contributed by atoms with E-state index in [1.54, 1.807) is 18.5 Å². The van der Waals surface area contributed by atoms with Crippen LogP contribution in [0.1, 0.15) is 0 Å². The molecular formula is C17H15Cl2N5O2. The van der Waals surface area contributed by atoms with Gasteiger partial charge >= 0.3 is 6.03 Å². The standard InChI is InChI=1S/C17H15Cl2N5O2/c18-9-3-13(19)16(20-4-9)24-6-10(5-21-24)22-17(25)23-7-11-12(8-23)15-2-1-14(11)26-15/h1-6,11-12,14-15H,7-8H2,(H,22,25). The van der Waals surface area contributed by atoms with Crippen LogP contribution in [0.4, 0.5) is 10.5 Å². The fraction of sp³-hybridized carbons (Fsp3) is 0.353. The Morgan fingerprint density at radius 1 is 1.19 bits per heavy atom. The van der Waals surface area contributed by atoms with Crippen LogP contribution in [-0.4, -0.2) is 51.0 Å². The van der Waals surface area contributed by atoms with E-state index in [0.29, 0.717) is 46.5 Å². The number of carbonyl (C=O) groups is 1. The zero-order chi connectivity index (χ0) is 17.8. The van der Waals surface area contributed by atoms with E-state index in [9.17, 15) is 4.79 Å². The number of hydrogen-bond acceptors (Lipinski definition) is 4. The van der Waals surface area contributed by atoms with Gasteiger partial charge in [-0.3, -0.25) is 0 Å². The number of fused-ring (bicyclic) bond motifs is 5. The van der Waals surface area contributed by atoms with Crippen LogP contribution in [0.3, 0.4) is 0 Å². The number of anilines is 1. The van der Waals surface area contributed by atoms with Crippen molar-refractivity contribution in [3.8, 4) is 5.82 Å². The maximum absolute atomic E-state index is 12.6. The molecule has 7 nitrogen and oxygen atoms in total. The second kappa shape index (κ2) is 5.97. The van der Waals surface area contributed by atoms with Crippen molar-refractivity contribution in [1.29, 1.82) is 0 Å². The molecule has 9 heteroatoms. The molecule has 2 aromatic heterocycles. The van der Waals surface area contributed by atoms with Crippen molar-refractivity contribution < 1.29 is 9.53 Å². The van der Waals surface area contributed by atoms with Gasteiger partial charge in [0, 0.05) is 31.1 Å². The molecule has 2 bridgehead atoms. The van der Waals surface area contributed by atoms with Gasteiger partial charge in [-0.05, 0) is 6.07 Å². The van der Waals surface area contributed by atoms with E-state index in [1.807, 2.05) is 4.90 Å². The van der Waals surface area contributed by atoms with Crippen molar-refractivity contribution >= 4 is 34.9 Å². The fourth-order valence-corrected chi connectivity index (χ4v) is 4.44. The minimum Gasteiger partial charge on any atom is -0.366 e. The molecule has 2 amide bonds. The van der Waals surface area contributed by atoms with Crippen molar-refractivity contribution in [3.05, 3.63) is 46.9 Å². The first-order chi connectivity index (χ1) is 12.6. The number of carbonyl (C=O) groups excluding carboxylic acids is 1. The topological polar surface area (TPSA) is 72.3 Å². The summed E-state index contributed by atoms with van der Waals surface area (Å²) in [5.74, 6) is 1.25. The molecule has 2 fully saturated rings. The van der Waals surface area contributed by atoms with Crippen molar-refractivity contribution in [3.63, 3.8) is 0 Å². The smallest absolute Gasteiger partial charge is 0.321 e. The van der Waals surface area contributed by atoms with E-state index in [2.05, 4.69) is 27.6 Å². The number of pyridine rings is 1. The Balaban J connectivity index is 1.27. The molecule has 3 aliphatic heterocycles. The number of amides is 2. The maximum atomic E-state index is 12.6. The summed E-state index contributed by atoms with van der Waals surface area (Å²) in [7, 11) is 0. The van der Waals surface area contributed by atoms with Gasteiger partial charge in [0.05, 0.1) is 40.3 Å². The fourth-order valence-electron chi connectivity index (χ4n) is 3.98. The van der Waals surface area contributed by atoms with E-state index >= 15 is 0 Å². The molecule has 26 heavy (non-hydrogen) atoms. The first kappa shape index (κ1) is 16.1. The van der Waals surface area contributed by atoms with Crippen molar-refractivity contribution in [2.75, 3.05) is 18.4 Å². The molecule has 134 valence electrons. The lowest BCUT2D eigenvalue weighted by molar-refractivity contribution is 0.0892. The summed E-state index contributed by atoms with van der Waals surface area (Å²) in [5.41, 5.74) is 0.581. The minimum absolute atomic E-state index is 0.131. The molecule has 4 unspecified atom stereocenters. The zero-order valence-electron chi connectivity index (χ0n) is 13.5. The Labute approximate surface area is 159 Å². The molecule has 0 spiro atoms. The predicted octanol–water partition coefficient (Wildman–Crippen LogP) is 2.99. The van der Waals surface area contributed by atoms with Gasteiger partial charge in [-0.1, -0.05) is 35.4 Å². The highest BCUT2D eigenvalue weighted by atomic mass is 35.5. The molecule has 5 heterocycles. The van der Waals surface area contributed by atoms with E-state index in [4.69, 9.17) is 27.9 Å². The number of halogens is 2. The molecule has 2 aromatic rings.